The van der Waals surface area contributed by atoms with Gasteiger partial charge in [0.1, 0.15) is 5.78 Å². The minimum Gasteiger partial charge on any atom is -0.453 e. The molecule has 154 valence electrons. The molecule has 1 N–H and O–H groups in total. The van der Waals surface area contributed by atoms with Crippen molar-refractivity contribution in [2.75, 3.05) is 27.3 Å². The molecule has 2 heterocycles. The maximum atomic E-state index is 12.0. The first-order valence-corrected chi connectivity index (χ1v) is 9.27. The average Bonchev–Trinajstić information content (AvgIpc) is 3.22. The van der Waals surface area contributed by atoms with Crippen LogP contribution in [-0.2, 0) is 16.1 Å². The van der Waals surface area contributed by atoms with E-state index in [-0.39, 0.29) is 11.7 Å². The number of hydrogen-bond donors (Lipinski definition) is 1. The predicted molar refractivity (Wildman–Crippen MR) is 107 cm³/mol. The first kappa shape index (κ1) is 23.3. The molecule has 0 aromatic carbocycles. The lowest BCUT2D eigenvalue weighted by Crippen LogP contribution is -2.37. The van der Waals surface area contributed by atoms with Crippen LogP contribution >= 0.6 is 0 Å². The van der Waals surface area contributed by atoms with Crippen LogP contribution in [-0.4, -0.2) is 63.7 Å². The molecule has 2 rings (SSSR count). The fourth-order valence-corrected chi connectivity index (χ4v) is 2.76. The van der Waals surface area contributed by atoms with E-state index in [0.717, 1.165) is 31.3 Å². The summed E-state index contributed by atoms with van der Waals surface area (Å²) in [6.07, 6.45) is 8.05. The van der Waals surface area contributed by atoms with E-state index >= 15 is 0 Å². The normalized spacial score (nSPS) is 11.2. The molecule has 0 fully saturated rings. The average molecular weight is 390 g/mol. The Morgan fingerprint density at radius 3 is 2.71 bits per heavy atom. The molecule has 28 heavy (non-hydrogen) atoms. The summed E-state index contributed by atoms with van der Waals surface area (Å²) in [6, 6.07) is 3.84. The number of methoxy groups -OCH3 is 1. The van der Waals surface area contributed by atoms with Crippen molar-refractivity contribution in [3.63, 3.8) is 0 Å². The molecule has 1 unspecified atom stereocenters. The molecule has 0 aliphatic carbocycles. The molecule has 0 saturated carbocycles. The van der Waals surface area contributed by atoms with Crippen molar-refractivity contribution in [3.05, 3.63) is 37.1 Å². The Morgan fingerprint density at radius 2 is 2.11 bits per heavy atom. The third-order valence-electron chi connectivity index (χ3n) is 4.26. The highest BCUT2D eigenvalue weighted by atomic mass is 16.5. The van der Waals surface area contributed by atoms with Gasteiger partial charge in [-0.3, -0.25) is 9.78 Å². The van der Waals surface area contributed by atoms with Crippen molar-refractivity contribution in [1.82, 2.24) is 19.4 Å². The van der Waals surface area contributed by atoms with E-state index in [9.17, 15) is 9.59 Å². The second kappa shape index (κ2) is 12.6. The summed E-state index contributed by atoms with van der Waals surface area (Å²) >= 11 is 0. The number of imidazole rings is 1. The second-order valence-electron chi connectivity index (χ2n) is 6.23. The van der Waals surface area contributed by atoms with Crippen molar-refractivity contribution in [2.45, 2.75) is 33.2 Å². The molecule has 0 saturated heterocycles. The van der Waals surface area contributed by atoms with Crippen molar-refractivity contribution < 1.29 is 19.4 Å². The molecule has 0 radical (unpaired) electrons. The Bertz CT molecular complexity index is 718. The van der Waals surface area contributed by atoms with E-state index in [1.807, 2.05) is 36.7 Å². The summed E-state index contributed by atoms with van der Waals surface area (Å²) in [4.78, 5) is 33.8. The number of pyridine rings is 1. The number of Topliss-reactive ketones (excluding diaryl/α,β-unsaturated/α-hetero) is 1. The third kappa shape index (κ3) is 7.11. The zero-order valence-corrected chi connectivity index (χ0v) is 17.0. The van der Waals surface area contributed by atoms with Gasteiger partial charge in [-0.2, -0.15) is 0 Å². The number of amides is 1. The van der Waals surface area contributed by atoms with E-state index < -0.39 is 6.09 Å². The fourth-order valence-electron chi connectivity index (χ4n) is 2.76. The van der Waals surface area contributed by atoms with Crippen LogP contribution in [0.2, 0.25) is 0 Å². The Kier molecular flexibility index (Phi) is 10.5. The van der Waals surface area contributed by atoms with Crippen LogP contribution in [0.1, 0.15) is 26.7 Å². The van der Waals surface area contributed by atoms with Crippen molar-refractivity contribution in [1.29, 1.82) is 0 Å². The van der Waals surface area contributed by atoms with Crippen molar-refractivity contribution in [3.8, 4) is 11.3 Å². The summed E-state index contributed by atoms with van der Waals surface area (Å²) in [6.45, 7) is 5.30. The Labute approximate surface area is 166 Å². The standard InChI is InChI=1S/C19H26N4O3.CH4O/c1-4-18(24)15(2)12-23(19(25)26-3)10-6-9-22-13-17(21-14-22)16-7-5-8-20-11-16;1-2/h5,7-8,11,13-15H,4,6,9-10,12H2,1-3H3;2H,1H3. The number of nitrogens with zero attached hydrogens (tertiary/aromatic N) is 4. The summed E-state index contributed by atoms with van der Waals surface area (Å²) in [5.74, 6) is -0.0425. The Hall–Kier alpha value is -2.74. The largest absolute Gasteiger partial charge is 0.453 e. The fraction of sp³-hybridized carbons (Fsp3) is 0.500. The van der Waals surface area contributed by atoms with Crippen molar-refractivity contribution >= 4 is 11.9 Å². The topological polar surface area (TPSA) is 97.6 Å². The highest BCUT2D eigenvalue weighted by molar-refractivity contribution is 5.81. The number of ketones is 1. The number of ether oxygens (including phenoxy) is 1. The number of aromatic nitrogens is 3. The molecule has 2 aromatic rings. The van der Waals surface area contributed by atoms with Gasteiger partial charge in [-0.1, -0.05) is 13.8 Å². The highest BCUT2D eigenvalue weighted by Gasteiger charge is 2.20. The minimum atomic E-state index is -0.401. The number of carbonyl (C=O) groups excluding carboxylic acids is 2. The summed E-state index contributed by atoms with van der Waals surface area (Å²) in [7, 11) is 2.36. The van der Waals surface area contributed by atoms with Gasteiger partial charge in [0.25, 0.3) is 0 Å². The molecule has 0 bridgehead atoms. The van der Waals surface area contributed by atoms with E-state index in [4.69, 9.17) is 9.84 Å². The first-order chi connectivity index (χ1) is 13.5. The highest BCUT2D eigenvalue weighted by Crippen LogP contribution is 2.15. The van der Waals surface area contributed by atoms with Gasteiger partial charge in [-0.25, -0.2) is 9.78 Å². The summed E-state index contributed by atoms with van der Waals surface area (Å²) in [5.41, 5.74) is 1.83. The van der Waals surface area contributed by atoms with Gasteiger partial charge in [0.15, 0.2) is 0 Å². The number of aliphatic hydroxyl groups excluding tert-OH is 1. The molecule has 1 amide bonds. The molecule has 8 nitrogen and oxygen atoms in total. The summed E-state index contributed by atoms with van der Waals surface area (Å²) < 4.78 is 6.83. The van der Waals surface area contributed by atoms with Crippen molar-refractivity contribution in [2.24, 2.45) is 5.92 Å². The van der Waals surface area contributed by atoms with Crippen LogP contribution in [0.5, 0.6) is 0 Å². The number of aliphatic hydroxyl groups is 1. The lowest BCUT2D eigenvalue weighted by Gasteiger charge is -2.24. The van der Waals surface area contributed by atoms with Crippen LogP contribution in [0, 0.1) is 5.92 Å². The molecule has 8 heteroatoms. The van der Waals surface area contributed by atoms with Crippen LogP contribution in [0.25, 0.3) is 11.3 Å². The minimum absolute atomic E-state index is 0.148. The summed E-state index contributed by atoms with van der Waals surface area (Å²) in [5, 5.41) is 7.00. The lowest BCUT2D eigenvalue weighted by atomic mass is 10.0. The molecule has 0 aliphatic rings. The SMILES string of the molecule is CCC(=O)C(C)CN(CCCn1cnc(-c2cccnc2)c1)C(=O)OC.CO. The monoisotopic (exact) mass is 390 g/mol. The molecular weight excluding hydrogens is 360 g/mol. The van der Waals surface area contributed by atoms with E-state index in [1.165, 1.54) is 7.11 Å². The van der Waals surface area contributed by atoms with Crippen LogP contribution < -0.4 is 0 Å². The third-order valence-corrected chi connectivity index (χ3v) is 4.26. The van der Waals surface area contributed by atoms with E-state index in [2.05, 4.69) is 9.97 Å². The predicted octanol–water partition coefficient (Wildman–Crippen LogP) is 2.63. The maximum Gasteiger partial charge on any atom is 0.409 e. The number of carbonyl (C=O) groups is 2. The molecule has 2 aromatic heterocycles. The van der Waals surface area contributed by atoms with Gasteiger partial charge in [0, 0.05) is 63.2 Å². The van der Waals surface area contributed by atoms with E-state index in [1.54, 1.807) is 23.6 Å². The van der Waals surface area contributed by atoms with E-state index in [0.29, 0.717) is 19.5 Å². The number of rotatable bonds is 9. The van der Waals surface area contributed by atoms with Gasteiger partial charge in [-0.15, -0.1) is 0 Å². The van der Waals surface area contributed by atoms with Gasteiger partial charge in [0.2, 0.25) is 0 Å². The van der Waals surface area contributed by atoms with Gasteiger partial charge < -0.3 is 19.3 Å². The lowest BCUT2D eigenvalue weighted by molar-refractivity contribution is -0.122. The quantitative estimate of drug-likeness (QED) is 0.707. The smallest absolute Gasteiger partial charge is 0.409 e. The molecule has 0 spiro atoms. The first-order valence-electron chi connectivity index (χ1n) is 9.27. The maximum absolute atomic E-state index is 12.0. The zero-order chi connectivity index (χ0) is 20.9. The number of aryl methyl sites for hydroxylation is 1. The van der Waals surface area contributed by atoms with Gasteiger partial charge in [-0.05, 0) is 18.6 Å². The van der Waals surface area contributed by atoms with Crippen LogP contribution in [0.4, 0.5) is 4.79 Å². The van der Waals surface area contributed by atoms with Gasteiger partial charge >= 0.3 is 6.09 Å². The Balaban J connectivity index is 0.00000190. The second-order valence-corrected chi connectivity index (χ2v) is 6.23. The van der Waals surface area contributed by atoms with Crippen LogP contribution in [0.15, 0.2) is 37.1 Å². The molecule has 1 atom stereocenters. The molecule has 0 aliphatic heterocycles. The molecular formula is C20H30N4O4. The zero-order valence-electron chi connectivity index (χ0n) is 17.0. The number of hydrogen-bond acceptors (Lipinski definition) is 6. The Morgan fingerprint density at radius 1 is 1.36 bits per heavy atom. The van der Waals surface area contributed by atoms with Gasteiger partial charge in [0.05, 0.1) is 19.1 Å². The van der Waals surface area contributed by atoms with Crippen LogP contribution in [0.3, 0.4) is 0 Å².